The van der Waals surface area contributed by atoms with Crippen LogP contribution >= 0.6 is 0 Å². The zero-order valence-electron chi connectivity index (χ0n) is 23.5. The molecule has 4 rings (SSSR count). The maximum Gasteiger partial charge on any atom is 0.449 e. The van der Waals surface area contributed by atoms with Crippen LogP contribution in [-0.2, 0) is 40.0 Å². The molecule has 3 amide bonds. The Kier molecular flexibility index (Phi) is 8.79. The third-order valence-electron chi connectivity index (χ3n) is 6.83. The molecule has 0 bridgehead atoms. The van der Waals surface area contributed by atoms with Gasteiger partial charge in [0.05, 0.1) is 18.8 Å². The lowest BCUT2D eigenvalue weighted by molar-refractivity contribution is -0.148. The first kappa shape index (κ1) is 31.8. The van der Waals surface area contributed by atoms with E-state index in [2.05, 4.69) is 10.3 Å². The molecule has 0 unspecified atom stereocenters. The van der Waals surface area contributed by atoms with Crippen LogP contribution in [0.2, 0.25) is 0 Å². The molecule has 1 aromatic carbocycles. The molecule has 1 atom stereocenters. The van der Waals surface area contributed by atoms with Gasteiger partial charge in [0.1, 0.15) is 11.4 Å². The molecule has 3 heterocycles. The van der Waals surface area contributed by atoms with Gasteiger partial charge in [0.25, 0.3) is 5.91 Å². The summed E-state index contributed by atoms with van der Waals surface area (Å²) in [6.45, 7) is 3.43. The molecule has 0 saturated carbocycles. The fourth-order valence-electron chi connectivity index (χ4n) is 4.90. The van der Waals surface area contributed by atoms with Crippen LogP contribution in [-0.4, -0.2) is 74.3 Å². The number of nitrogens with one attached hydrogen (secondary N) is 1. The number of amides is 3. The number of carbonyl (C=O) groups is 4. The van der Waals surface area contributed by atoms with E-state index in [-0.39, 0.29) is 49.6 Å². The number of Topliss-reactive ketones (excluding diaryl/α,β-unsaturated/α-hetero) is 1. The first-order valence-electron chi connectivity index (χ1n) is 13.3. The van der Waals surface area contributed by atoms with Crippen molar-refractivity contribution in [1.82, 2.24) is 24.7 Å². The number of likely N-dealkylation sites (tertiary alicyclic amines) is 1. The number of halogens is 6. The zero-order chi connectivity index (χ0) is 31.9. The topological polar surface area (TPSA) is 114 Å². The summed E-state index contributed by atoms with van der Waals surface area (Å²) in [5.74, 6) is -7.04. The van der Waals surface area contributed by atoms with E-state index < -0.39 is 84.1 Å². The van der Waals surface area contributed by atoms with Gasteiger partial charge in [-0.1, -0.05) is 0 Å². The van der Waals surface area contributed by atoms with Gasteiger partial charge in [0.15, 0.2) is 23.1 Å². The predicted octanol–water partition coefficient (Wildman–Crippen LogP) is 3.60. The molecule has 43 heavy (non-hydrogen) atoms. The number of imidazole rings is 1. The lowest BCUT2D eigenvalue weighted by Crippen LogP contribution is -2.46. The highest BCUT2D eigenvalue weighted by atomic mass is 19.4. The molecule has 0 spiro atoms. The smallest absolute Gasteiger partial charge is 0.444 e. The number of aromatic nitrogens is 2. The minimum atomic E-state index is -4.91. The Balaban J connectivity index is 1.58. The van der Waals surface area contributed by atoms with Crippen molar-refractivity contribution in [3.8, 4) is 0 Å². The second-order valence-corrected chi connectivity index (χ2v) is 11.3. The second kappa shape index (κ2) is 11.9. The Labute approximate surface area is 242 Å². The van der Waals surface area contributed by atoms with Gasteiger partial charge in [-0.25, -0.2) is 22.9 Å². The van der Waals surface area contributed by atoms with Gasteiger partial charge in [-0.2, -0.15) is 13.2 Å². The summed E-state index contributed by atoms with van der Waals surface area (Å²) >= 11 is 0. The highest BCUT2D eigenvalue weighted by Crippen LogP contribution is 2.33. The molecule has 1 fully saturated rings. The molecule has 2 aliphatic heterocycles. The Morgan fingerprint density at radius 2 is 1.65 bits per heavy atom. The number of ether oxygens (including phenoxy) is 1. The lowest BCUT2D eigenvalue weighted by atomic mass is 10.0. The molecule has 16 heteroatoms. The van der Waals surface area contributed by atoms with Gasteiger partial charge in [-0.05, 0) is 38.8 Å². The number of nitrogens with zero attached hydrogens (tertiary/aromatic N) is 4. The molecule has 1 aromatic heterocycles. The fourth-order valence-corrected chi connectivity index (χ4v) is 4.90. The predicted molar refractivity (Wildman–Crippen MR) is 136 cm³/mol. The molecular formula is C27H29F6N5O5. The highest BCUT2D eigenvalue weighted by molar-refractivity contribution is 5.98. The molecular weight excluding hydrogens is 588 g/mol. The van der Waals surface area contributed by atoms with Crippen LogP contribution in [0.3, 0.4) is 0 Å². The zero-order valence-corrected chi connectivity index (χ0v) is 23.5. The van der Waals surface area contributed by atoms with E-state index in [4.69, 9.17) is 4.74 Å². The van der Waals surface area contributed by atoms with Crippen molar-refractivity contribution < 1.29 is 50.3 Å². The van der Waals surface area contributed by atoms with Gasteiger partial charge in [-0.15, -0.1) is 0 Å². The number of alkyl halides is 3. The molecule has 10 nitrogen and oxygen atoms in total. The first-order valence-corrected chi connectivity index (χ1v) is 13.3. The summed E-state index contributed by atoms with van der Waals surface area (Å²) in [6.07, 6.45) is -6.81. The standard InChI is InChI=1S/C27H29F6N5O5/c1-26(2,3)43-25(42)34-15(8-14-9-18(29)19(30)11-17(14)28)10-21(40)36-6-7-38-20(13-36)22(35-24(38)27(31,32)33)23(41)37-5-4-16(39)12-37/h9,11,15H,4-8,10,12-13H2,1-3H3,(H,34,42)/t15-/m1/s1. The number of carbonyl (C=O) groups excluding carboxylic acids is 4. The van der Waals surface area contributed by atoms with E-state index in [1.165, 1.54) is 0 Å². The Morgan fingerprint density at radius 3 is 2.26 bits per heavy atom. The number of alkyl carbamates (subject to hydrolysis) is 1. The van der Waals surface area contributed by atoms with E-state index >= 15 is 0 Å². The van der Waals surface area contributed by atoms with Gasteiger partial charge in [0, 0.05) is 44.6 Å². The summed E-state index contributed by atoms with van der Waals surface area (Å²) in [5.41, 5.74) is -2.00. The minimum Gasteiger partial charge on any atom is -0.444 e. The second-order valence-electron chi connectivity index (χ2n) is 11.3. The van der Waals surface area contributed by atoms with E-state index in [1.807, 2.05) is 0 Å². The normalized spacial score (nSPS) is 16.3. The van der Waals surface area contributed by atoms with Gasteiger partial charge >= 0.3 is 12.3 Å². The van der Waals surface area contributed by atoms with E-state index in [1.54, 1.807) is 20.8 Å². The van der Waals surface area contributed by atoms with Crippen molar-refractivity contribution in [2.75, 3.05) is 19.6 Å². The van der Waals surface area contributed by atoms with Gasteiger partial charge in [-0.3, -0.25) is 14.4 Å². The molecule has 0 aliphatic carbocycles. The van der Waals surface area contributed by atoms with Crippen LogP contribution in [0.5, 0.6) is 0 Å². The SMILES string of the molecule is CC(C)(C)OC(=O)N[C@@H](CC(=O)N1CCn2c(C(F)(F)F)nc(C(=O)N3CCC(=O)C3)c2C1)Cc1cc(F)c(F)cc1F. The average Bonchev–Trinajstić information content (AvgIpc) is 3.49. The van der Waals surface area contributed by atoms with Crippen LogP contribution in [0.15, 0.2) is 12.1 Å². The van der Waals surface area contributed by atoms with E-state index in [0.717, 1.165) is 14.4 Å². The molecule has 0 radical (unpaired) electrons. The number of ketones is 1. The average molecular weight is 618 g/mol. The Morgan fingerprint density at radius 1 is 0.977 bits per heavy atom. The van der Waals surface area contributed by atoms with E-state index in [0.29, 0.717) is 12.1 Å². The maximum absolute atomic E-state index is 14.4. The maximum atomic E-state index is 14.4. The van der Waals surface area contributed by atoms with Crippen molar-refractivity contribution >= 4 is 23.7 Å². The number of rotatable bonds is 6. The van der Waals surface area contributed by atoms with Crippen LogP contribution in [0.1, 0.15) is 61.2 Å². The number of hydrogen-bond acceptors (Lipinski definition) is 6. The number of benzene rings is 1. The first-order chi connectivity index (χ1) is 19.9. The van der Waals surface area contributed by atoms with Crippen LogP contribution < -0.4 is 5.32 Å². The Bertz CT molecular complexity index is 1450. The van der Waals surface area contributed by atoms with Crippen molar-refractivity contribution in [3.63, 3.8) is 0 Å². The van der Waals surface area contributed by atoms with Crippen LogP contribution in [0, 0.1) is 17.5 Å². The summed E-state index contributed by atoms with van der Waals surface area (Å²) in [4.78, 5) is 56.4. The van der Waals surface area contributed by atoms with Crippen molar-refractivity contribution in [1.29, 1.82) is 0 Å². The lowest BCUT2D eigenvalue weighted by Gasteiger charge is -2.31. The van der Waals surface area contributed by atoms with Crippen molar-refractivity contribution in [2.24, 2.45) is 0 Å². The van der Waals surface area contributed by atoms with Gasteiger partial charge in [0.2, 0.25) is 11.7 Å². The third kappa shape index (κ3) is 7.46. The quantitative estimate of drug-likeness (QED) is 0.392. The third-order valence-corrected chi connectivity index (χ3v) is 6.83. The monoisotopic (exact) mass is 617 g/mol. The number of fused-ring (bicyclic) bond motifs is 1. The minimum absolute atomic E-state index is 0.0204. The summed E-state index contributed by atoms with van der Waals surface area (Å²) < 4.78 is 89.1. The van der Waals surface area contributed by atoms with Crippen LogP contribution in [0.4, 0.5) is 31.1 Å². The largest absolute Gasteiger partial charge is 0.449 e. The fraction of sp³-hybridized carbons (Fsp3) is 0.519. The summed E-state index contributed by atoms with van der Waals surface area (Å²) in [7, 11) is 0. The molecule has 1 saturated heterocycles. The van der Waals surface area contributed by atoms with E-state index in [9.17, 15) is 45.5 Å². The summed E-state index contributed by atoms with van der Waals surface area (Å²) in [6, 6.07) is -0.276. The molecule has 2 aliphatic rings. The van der Waals surface area contributed by atoms with Crippen LogP contribution in [0.25, 0.3) is 0 Å². The molecule has 234 valence electrons. The number of hydrogen-bond donors (Lipinski definition) is 1. The Hall–Kier alpha value is -4.11. The van der Waals surface area contributed by atoms with Crippen molar-refractivity contribution in [3.05, 3.63) is 52.4 Å². The van der Waals surface area contributed by atoms with Gasteiger partial charge < -0.3 is 24.4 Å². The summed E-state index contributed by atoms with van der Waals surface area (Å²) in [5, 5.41) is 2.42. The molecule has 2 aromatic rings. The molecule has 1 N–H and O–H groups in total. The highest BCUT2D eigenvalue weighted by Gasteiger charge is 2.43. The van der Waals surface area contributed by atoms with Crippen molar-refractivity contribution in [2.45, 2.75) is 70.9 Å².